The highest BCUT2D eigenvalue weighted by Gasteiger charge is 2.25. The zero-order chi connectivity index (χ0) is 46.4. The molecule has 1 N–H and O–H groups in total. The van der Waals surface area contributed by atoms with E-state index < -0.39 is 4.92 Å². The molecular weight excluding hydrogens is 791 g/mol. The SMILES string of the molecule is CCCCC(CC)COc1cc([N+](=O)[O-])c(OCC(CC)CCCC)cc1N=Nc1cc(OCC(CC)CCCC)c(N(CCCC)CCCC)cc1NC(=O)C(CC)CCCC. The van der Waals surface area contributed by atoms with Gasteiger partial charge >= 0.3 is 5.69 Å². The Morgan fingerprint density at radius 3 is 1.49 bits per heavy atom. The van der Waals surface area contributed by atoms with Crippen LogP contribution in [0.4, 0.5) is 28.4 Å². The first-order valence-corrected chi connectivity index (χ1v) is 25.4. The van der Waals surface area contributed by atoms with E-state index in [4.69, 9.17) is 24.4 Å². The molecule has 0 aromatic heterocycles. The van der Waals surface area contributed by atoms with Crippen molar-refractivity contribution in [1.82, 2.24) is 0 Å². The summed E-state index contributed by atoms with van der Waals surface area (Å²) >= 11 is 0. The third kappa shape index (κ3) is 19.8. The highest BCUT2D eigenvalue weighted by atomic mass is 16.6. The number of benzene rings is 2. The number of anilines is 2. The maximum absolute atomic E-state index is 14.1. The Kier molecular flexibility index (Phi) is 28.7. The summed E-state index contributed by atoms with van der Waals surface area (Å²) in [4.78, 5) is 28.7. The Morgan fingerprint density at radius 1 is 0.587 bits per heavy atom. The summed E-state index contributed by atoms with van der Waals surface area (Å²) in [6.45, 7) is 24.8. The van der Waals surface area contributed by atoms with E-state index in [1.54, 1.807) is 6.07 Å². The van der Waals surface area contributed by atoms with Crippen molar-refractivity contribution in [3.63, 3.8) is 0 Å². The maximum Gasteiger partial charge on any atom is 0.314 e. The van der Waals surface area contributed by atoms with E-state index in [0.29, 0.717) is 48.6 Å². The van der Waals surface area contributed by atoms with Gasteiger partial charge in [0.15, 0.2) is 11.5 Å². The summed E-state index contributed by atoms with van der Waals surface area (Å²) < 4.78 is 19.5. The van der Waals surface area contributed by atoms with Gasteiger partial charge in [-0.25, -0.2) is 0 Å². The van der Waals surface area contributed by atoms with Crippen LogP contribution in [-0.4, -0.2) is 43.7 Å². The van der Waals surface area contributed by atoms with E-state index in [0.717, 1.165) is 147 Å². The van der Waals surface area contributed by atoms with Gasteiger partial charge in [0.2, 0.25) is 5.91 Å². The van der Waals surface area contributed by atoms with Crippen LogP contribution in [0.25, 0.3) is 0 Å². The van der Waals surface area contributed by atoms with Crippen molar-refractivity contribution < 1.29 is 23.9 Å². The van der Waals surface area contributed by atoms with Gasteiger partial charge in [0.05, 0.1) is 42.2 Å². The first-order chi connectivity index (χ1) is 30.6. The van der Waals surface area contributed by atoms with Crippen LogP contribution in [0.5, 0.6) is 17.2 Å². The number of carbonyl (C=O) groups is 1. The molecule has 0 heterocycles. The van der Waals surface area contributed by atoms with Crippen LogP contribution >= 0.6 is 0 Å². The summed E-state index contributed by atoms with van der Waals surface area (Å²) in [7, 11) is 0. The molecule has 0 saturated carbocycles. The fourth-order valence-corrected chi connectivity index (χ4v) is 7.78. The number of carbonyl (C=O) groups excluding carboxylic acids is 1. The summed E-state index contributed by atoms with van der Waals surface area (Å²) in [5.74, 6) is 1.91. The zero-order valence-corrected chi connectivity index (χ0v) is 41.5. The highest BCUT2D eigenvalue weighted by Crippen LogP contribution is 2.44. The number of hydrogen-bond donors (Lipinski definition) is 1. The first-order valence-electron chi connectivity index (χ1n) is 25.4. The summed E-state index contributed by atoms with van der Waals surface area (Å²) in [5.41, 5.74) is 2.13. The van der Waals surface area contributed by atoms with E-state index in [1.165, 1.54) is 6.07 Å². The molecular formula is C52H89N5O6. The van der Waals surface area contributed by atoms with Gasteiger partial charge in [-0.05, 0) is 68.8 Å². The van der Waals surface area contributed by atoms with Crippen LogP contribution in [0.2, 0.25) is 0 Å². The second-order valence-corrected chi connectivity index (χ2v) is 17.7. The van der Waals surface area contributed by atoms with Crippen LogP contribution in [0.1, 0.15) is 198 Å². The molecule has 0 spiro atoms. The molecule has 0 aliphatic carbocycles. The van der Waals surface area contributed by atoms with Gasteiger partial charge in [-0.2, -0.15) is 0 Å². The van der Waals surface area contributed by atoms with Gasteiger partial charge in [0.1, 0.15) is 17.1 Å². The maximum atomic E-state index is 14.1. The molecule has 4 unspecified atom stereocenters. The molecule has 2 aromatic rings. The molecule has 358 valence electrons. The second-order valence-electron chi connectivity index (χ2n) is 17.7. The van der Waals surface area contributed by atoms with Gasteiger partial charge in [-0.15, -0.1) is 10.2 Å². The number of nitro groups is 1. The van der Waals surface area contributed by atoms with E-state index in [9.17, 15) is 14.9 Å². The molecule has 1 amide bonds. The quantitative estimate of drug-likeness (QED) is 0.0406. The molecule has 0 bridgehead atoms. The second kappa shape index (κ2) is 32.7. The Balaban J connectivity index is 2.94. The van der Waals surface area contributed by atoms with Gasteiger partial charge < -0.3 is 24.4 Å². The lowest BCUT2D eigenvalue weighted by Gasteiger charge is -2.29. The Morgan fingerprint density at radius 2 is 1.03 bits per heavy atom. The normalized spacial score (nSPS) is 13.4. The Hall–Kier alpha value is -3.89. The first kappa shape index (κ1) is 55.2. The minimum Gasteiger partial charge on any atom is -0.491 e. The molecule has 0 aliphatic heterocycles. The third-order valence-electron chi connectivity index (χ3n) is 12.6. The summed E-state index contributed by atoms with van der Waals surface area (Å²) in [6.07, 6.45) is 20.2. The minimum atomic E-state index is -0.407. The number of amides is 1. The fraction of sp³-hybridized carbons (Fsp3) is 0.750. The van der Waals surface area contributed by atoms with E-state index in [1.807, 2.05) is 12.1 Å². The minimum absolute atomic E-state index is 0.0393. The number of nitro benzene ring substituents is 1. The van der Waals surface area contributed by atoms with Crippen molar-refractivity contribution in [1.29, 1.82) is 0 Å². The van der Waals surface area contributed by atoms with Crippen molar-refractivity contribution in [2.75, 3.05) is 43.1 Å². The van der Waals surface area contributed by atoms with Crippen LogP contribution in [0, 0.1) is 33.8 Å². The van der Waals surface area contributed by atoms with E-state index in [-0.39, 0.29) is 40.8 Å². The smallest absolute Gasteiger partial charge is 0.314 e. The third-order valence-corrected chi connectivity index (χ3v) is 12.6. The molecule has 63 heavy (non-hydrogen) atoms. The average molecular weight is 880 g/mol. The molecule has 2 rings (SSSR count). The number of unbranched alkanes of at least 4 members (excludes halogenated alkanes) is 6. The molecule has 0 saturated heterocycles. The Labute approximate surface area is 383 Å². The molecule has 11 nitrogen and oxygen atoms in total. The lowest BCUT2D eigenvalue weighted by molar-refractivity contribution is -0.386. The number of hydrogen-bond acceptors (Lipinski definition) is 9. The number of nitrogens with one attached hydrogen (secondary N) is 1. The molecule has 0 fully saturated rings. The standard InChI is InChI=1S/C52H89N5O6/c1-11-21-27-40(17-7)37-61-49-36-48(57(59)60)51(63-39-42(19-9)29-23-13-3)35-46(49)55-54-45-34-50(62-38-41(18-8)28-22-12-2)47(56(31-25-15-5)32-26-16-6)33-44(45)53-52(58)43(20-10)30-24-14-4/h33-36,40-43H,11-32,37-39H2,1-10H3,(H,53,58). The van der Waals surface area contributed by atoms with Crippen LogP contribution in [0.15, 0.2) is 34.5 Å². The predicted octanol–water partition coefficient (Wildman–Crippen LogP) is 16.4. The zero-order valence-electron chi connectivity index (χ0n) is 41.5. The average Bonchev–Trinajstić information content (AvgIpc) is 3.29. The lowest BCUT2D eigenvalue weighted by Crippen LogP contribution is -2.27. The number of ether oxygens (including phenoxy) is 3. The van der Waals surface area contributed by atoms with Crippen molar-refractivity contribution in [3.8, 4) is 17.2 Å². The molecule has 11 heteroatoms. The predicted molar refractivity (Wildman–Crippen MR) is 264 cm³/mol. The molecule has 0 aliphatic rings. The topological polar surface area (TPSA) is 128 Å². The summed E-state index contributed by atoms with van der Waals surface area (Å²) in [6, 6.07) is 7.02. The van der Waals surface area contributed by atoms with Crippen molar-refractivity contribution >= 4 is 34.3 Å². The van der Waals surface area contributed by atoms with E-state index >= 15 is 0 Å². The van der Waals surface area contributed by atoms with Crippen LogP contribution < -0.4 is 24.4 Å². The fourth-order valence-electron chi connectivity index (χ4n) is 7.78. The van der Waals surface area contributed by atoms with Gasteiger partial charge in [-0.1, -0.05) is 153 Å². The monoisotopic (exact) mass is 880 g/mol. The largest absolute Gasteiger partial charge is 0.491 e. The van der Waals surface area contributed by atoms with Gasteiger partial charge in [0.25, 0.3) is 0 Å². The number of rotatable bonds is 37. The Bertz CT molecular complexity index is 1590. The van der Waals surface area contributed by atoms with Crippen LogP contribution in [-0.2, 0) is 4.79 Å². The number of nitrogens with zero attached hydrogens (tertiary/aromatic N) is 4. The van der Waals surface area contributed by atoms with Crippen LogP contribution in [0.3, 0.4) is 0 Å². The van der Waals surface area contributed by atoms with Gasteiger partial charge in [0, 0.05) is 31.1 Å². The van der Waals surface area contributed by atoms with Crippen molar-refractivity contribution in [2.24, 2.45) is 33.9 Å². The van der Waals surface area contributed by atoms with Crippen molar-refractivity contribution in [3.05, 3.63) is 34.4 Å². The molecule has 4 atom stereocenters. The lowest BCUT2D eigenvalue weighted by atomic mass is 9.98. The van der Waals surface area contributed by atoms with E-state index in [2.05, 4.69) is 79.5 Å². The highest BCUT2D eigenvalue weighted by molar-refractivity contribution is 5.96. The molecule has 2 aromatic carbocycles. The molecule has 0 radical (unpaired) electrons. The summed E-state index contributed by atoms with van der Waals surface area (Å²) in [5, 5.41) is 25.6. The van der Waals surface area contributed by atoms with Crippen molar-refractivity contribution in [2.45, 2.75) is 198 Å². The number of azo groups is 1. The van der Waals surface area contributed by atoms with Gasteiger partial charge in [-0.3, -0.25) is 14.9 Å².